The van der Waals surface area contributed by atoms with Gasteiger partial charge in [-0.3, -0.25) is 10.1 Å². The number of aromatic nitrogens is 2. The first kappa shape index (κ1) is 14.2. The molecule has 3 N–H and O–H groups in total. The molecular weight excluding hydrogens is 330 g/mol. The highest BCUT2D eigenvalue weighted by molar-refractivity contribution is 9.10. The Balaban J connectivity index is 2.41. The van der Waals surface area contributed by atoms with E-state index in [4.69, 9.17) is 10.6 Å². The normalized spacial score (nSPS) is 10.2. The van der Waals surface area contributed by atoms with Crippen molar-refractivity contribution < 1.29 is 9.66 Å². The minimum Gasteiger partial charge on any atom is -0.437 e. The van der Waals surface area contributed by atoms with Crippen molar-refractivity contribution in [3.63, 3.8) is 0 Å². The van der Waals surface area contributed by atoms with Crippen LogP contribution in [0.3, 0.4) is 0 Å². The molecule has 0 aliphatic rings. The minimum absolute atomic E-state index is 0.0233. The first-order valence-electron chi connectivity index (χ1n) is 5.43. The van der Waals surface area contributed by atoms with Gasteiger partial charge in [0.25, 0.3) is 5.69 Å². The summed E-state index contributed by atoms with van der Waals surface area (Å²) in [5.74, 6) is 6.18. The van der Waals surface area contributed by atoms with Gasteiger partial charge in [-0.25, -0.2) is 15.8 Å². The number of rotatable bonds is 4. The number of hydrazine groups is 1. The standard InChI is InChI=1S/C11H10BrN5O3/c1-6-7(17(18)19)3-2-4-8(6)20-11-9(12)10(16-13)14-5-15-11/h2-5H,13H2,1H3,(H,14,15,16). The van der Waals surface area contributed by atoms with Gasteiger partial charge in [0.1, 0.15) is 16.5 Å². The molecule has 0 aliphatic heterocycles. The number of hydrogen-bond donors (Lipinski definition) is 2. The number of nitrogens with zero attached hydrogens (tertiary/aromatic N) is 3. The highest BCUT2D eigenvalue weighted by Crippen LogP contribution is 2.35. The molecule has 0 radical (unpaired) electrons. The third kappa shape index (κ3) is 2.68. The Labute approximate surface area is 122 Å². The summed E-state index contributed by atoms with van der Waals surface area (Å²) in [4.78, 5) is 18.3. The molecular formula is C11H10BrN5O3. The predicted octanol–water partition coefficient (Wildman–Crippen LogP) is 2.53. The monoisotopic (exact) mass is 339 g/mol. The summed E-state index contributed by atoms with van der Waals surface area (Å²) in [7, 11) is 0. The molecule has 0 spiro atoms. The van der Waals surface area contributed by atoms with Crippen molar-refractivity contribution in [2.45, 2.75) is 6.92 Å². The molecule has 0 saturated heterocycles. The molecule has 0 saturated carbocycles. The molecule has 0 unspecified atom stereocenters. The van der Waals surface area contributed by atoms with Crippen molar-refractivity contribution in [3.05, 3.63) is 44.7 Å². The van der Waals surface area contributed by atoms with Crippen LogP contribution in [0.5, 0.6) is 11.6 Å². The van der Waals surface area contributed by atoms with Gasteiger partial charge in [0.05, 0.1) is 10.5 Å². The van der Waals surface area contributed by atoms with Gasteiger partial charge in [0, 0.05) is 6.07 Å². The zero-order chi connectivity index (χ0) is 14.7. The van der Waals surface area contributed by atoms with Crippen LogP contribution in [0.2, 0.25) is 0 Å². The predicted molar refractivity (Wildman–Crippen MR) is 75.4 cm³/mol. The van der Waals surface area contributed by atoms with Crippen LogP contribution in [0.15, 0.2) is 29.0 Å². The van der Waals surface area contributed by atoms with Crippen LogP contribution in [-0.2, 0) is 0 Å². The molecule has 1 heterocycles. The third-order valence-corrected chi connectivity index (χ3v) is 3.27. The van der Waals surface area contributed by atoms with Crippen LogP contribution in [0.1, 0.15) is 5.56 Å². The van der Waals surface area contributed by atoms with Crippen molar-refractivity contribution in [3.8, 4) is 11.6 Å². The fourth-order valence-corrected chi connectivity index (χ4v) is 1.94. The van der Waals surface area contributed by atoms with Gasteiger partial charge >= 0.3 is 0 Å². The number of nitro groups is 1. The number of nitrogen functional groups attached to an aromatic ring is 1. The summed E-state index contributed by atoms with van der Waals surface area (Å²) in [6, 6.07) is 4.56. The third-order valence-electron chi connectivity index (χ3n) is 2.55. The van der Waals surface area contributed by atoms with E-state index in [0.717, 1.165) is 0 Å². The molecule has 0 aliphatic carbocycles. The van der Waals surface area contributed by atoms with Crippen molar-refractivity contribution >= 4 is 27.4 Å². The quantitative estimate of drug-likeness (QED) is 0.499. The van der Waals surface area contributed by atoms with Crippen LogP contribution in [0.25, 0.3) is 0 Å². The lowest BCUT2D eigenvalue weighted by Gasteiger charge is -2.10. The Morgan fingerprint density at radius 3 is 2.85 bits per heavy atom. The van der Waals surface area contributed by atoms with E-state index in [0.29, 0.717) is 21.6 Å². The summed E-state index contributed by atoms with van der Waals surface area (Å²) >= 11 is 3.24. The van der Waals surface area contributed by atoms with Crippen LogP contribution in [0.4, 0.5) is 11.5 Å². The largest absolute Gasteiger partial charge is 0.437 e. The summed E-state index contributed by atoms with van der Waals surface area (Å²) < 4.78 is 6.00. The number of ether oxygens (including phenoxy) is 1. The fraction of sp³-hybridized carbons (Fsp3) is 0.0909. The van der Waals surface area contributed by atoms with Crippen LogP contribution in [-0.4, -0.2) is 14.9 Å². The highest BCUT2D eigenvalue weighted by Gasteiger charge is 2.17. The van der Waals surface area contributed by atoms with E-state index in [1.165, 1.54) is 18.5 Å². The van der Waals surface area contributed by atoms with E-state index >= 15 is 0 Å². The maximum Gasteiger partial charge on any atom is 0.276 e. The zero-order valence-corrected chi connectivity index (χ0v) is 11.9. The number of benzene rings is 1. The Kier molecular flexibility index (Phi) is 4.11. The Morgan fingerprint density at radius 1 is 1.45 bits per heavy atom. The Hall–Kier alpha value is -2.26. The lowest BCUT2D eigenvalue weighted by molar-refractivity contribution is -0.385. The van der Waals surface area contributed by atoms with E-state index in [2.05, 4.69) is 31.3 Å². The molecule has 1 aromatic heterocycles. The van der Waals surface area contributed by atoms with Crippen molar-refractivity contribution in [2.24, 2.45) is 5.84 Å². The van der Waals surface area contributed by atoms with Gasteiger partial charge in [0.2, 0.25) is 5.88 Å². The van der Waals surface area contributed by atoms with Crippen molar-refractivity contribution in [2.75, 3.05) is 5.43 Å². The molecule has 0 amide bonds. The Bertz CT molecular complexity index is 665. The number of nitro benzene ring substituents is 1. The number of nitrogens with two attached hydrogens (primary N) is 1. The van der Waals surface area contributed by atoms with Crippen LogP contribution in [0, 0.1) is 17.0 Å². The second kappa shape index (κ2) is 5.80. The van der Waals surface area contributed by atoms with E-state index in [1.807, 2.05) is 0 Å². The minimum atomic E-state index is -0.468. The first-order chi connectivity index (χ1) is 9.54. The second-order valence-corrected chi connectivity index (χ2v) is 4.54. The summed E-state index contributed by atoms with van der Waals surface area (Å²) in [6.07, 6.45) is 1.27. The zero-order valence-electron chi connectivity index (χ0n) is 10.3. The van der Waals surface area contributed by atoms with Crippen molar-refractivity contribution in [1.29, 1.82) is 0 Å². The lowest BCUT2D eigenvalue weighted by Crippen LogP contribution is -2.10. The smallest absolute Gasteiger partial charge is 0.276 e. The van der Waals surface area contributed by atoms with Gasteiger partial charge in [-0.2, -0.15) is 0 Å². The molecule has 9 heteroatoms. The Morgan fingerprint density at radius 2 is 2.20 bits per heavy atom. The molecule has 104 valence electrons. The van der Waals surface area contributed by atoms with E-state index in [9.17, 15) is 10.1 Å². The molecule has 0 atom stereocenters. The maximum absolute atomic E-state index is 10.9. The number of halogens is 1. The first-order valence-corrected chi connectivity index (χ1v) is 6.23. The fourth-order valence-electron chi connectivity index (χ4n) is 1.54. The van der Waals surface area contributed by atoms with E-state index in [-0.39, 0.29) is 11.6 Å². The van der Waals surface area contributed by atoms with Gasteiger partial charge in [-0.15, -0.1) is 0 Å². The maximum atomic E-state index is 10.9. The van der Waals surface area contributed by atoms with Gasteiger partial charge in [-0.05, 0) is 28.9 Å². The number of hydrogen-bond acceptors (Lipinski definition) is 7. The van der Waals surface area contributed by atoms with E-state index < -0.39 is 4.92 Å². The molecule has 20 heavy (non-hydrogen) atoms. The van der Waals surface area contributed by atoms with Crippen LogP contribution >= 0.6 is 15.9 Å². The summed E-state index contributed by atoms with van der Waals surface area (Å²) in [6.45, 7) is 1.60. The molecule has 2 aromatic rings. The molecule has 1 aromatic carbocycles. The van der Waals surface area contributed by atoms with Crippen LogP contribution < -0.4 is 16.0 Å². The SMILES string of the molecule is Cc1c(Oc2ncnc(NN)c2Br)cccc1[N+](=O)[O-]. The molecule has 2 rings (SSSR count). The topological polar surface area (TPSA) is 116 Å². The van der Waals surface area contributed by atoms with Gasteiger partial charge < -0.3 is 10.2 Å². The summed E-state index contributed by atoms with van der Waals surface area (Å²) in [5, 5.41) is 10.9. The molecule has 8 nitrogen and oxygen atoms in total. The molecule has 0 fully saturated rings. The second-order valence-electron chi connectivity index (χ2n) is 3.75. The number of anilines is 1. The van der Waals surface area contributed by atoms with E-state index in [1.54, 1.807) is 13.0 Å². The van der Waals surface area contributed by atoms with Gasteiger partial charge in [-0.1, -0.05) is 6.07 Å². The lowest BCUT2D eigenvalue weighted by atomic mass is 10.2. The highest BCUT2D eigenvalue weighted by atomic mass is 79.9. The van der Waals surface area contributed by atoms with Gasteiger partial charge in [0.15, 0.2) is 5.82 Å². The average molecular weight is 340 g/mol. The molecule has 0 bridgehead atoms. The number of nitrogens with one attached hydrogen (secondary N) is 1. The summed E-state index contributed by atoms with van der Waals surface area (Å²) in [5.41, 5.74) is 2.76. The van der Waals surface area contributed by atoms with Crippen molar-refractivity contribution in [1.82, 2.24) is 9.97 Å². The average Bonchev–Trinajstić information content (AvgIpc) is 2.43.